The number of carbonyl (C=O) groups excluding carboxylic acids is 1. The van der Waals surface area contributed by atoms with Crippen LogP contribution in [0, 0.1) is 0 Å². The van der Waals surface area contributed by atoms with E-state index in [1.165, 1.54) is 0 Å². The first-order valence-corrected chi connectivity index (χ1v) is 9.82. The number of carbonyl (C=O) groups is 1. The number of esters is 1. The molecule has 29 heavy (non-hydrogen) atoms. The third-order valence-corrected chi connectivity index (χ3v) is 5.03. The van der Waals surface area contributed by atoms with E-state index in [0.717, 1.165) is 35.3 Å². The fourth-order valence-corrected chi connectivity index (χ4v) is 3.44. The third-order valence-electron chi connectivity index (χ3n) is 5.03. The summed E-state index contributed by atoms with van der Waals surface area (Å²) in [6.45, 7) is 1.29. The molecule has 1 aliphatic heterocycles. The highest BCUT2D eigenvalue weighted by Crippen LogP contribution is 2.32. The van der Waals surface area contributed by atoms with Crippen molar-refractivity contribution in [3.8, 4) is 22.6 Å². The second kappa shape index (κ2) is 7.64. The van der Waals surface area contributed by atoms with Crippen LogP contribution < -0.4 is 9.47 Å². The molecule has 6 heteroatoms. The summed E-state index contributed by atoms with van der Waals surface area (Å²) in [5, 5.41) is 0. The van der Waals surface area contributed by atoms with Crippen molar-refractivity contribution in [2.45, 2.75) is 32.0 Å². The van der Waals surface area contributed by atoms with Gasteiger partial charge in [-0.25, -0.2) is 9.97 Å². The van der Waals surface area contributed by atoms with Gasteiger partial charge in [-0.05, 0) is 54.3 Å². The largest absolute Gasteiger partial charge is 0.490 e. The molecule has 1 fully saturated rings. The maximum Gasteiger partial charge on any atom is 0.325 e. The smallest absolute Gasteiger partial charge is 0.325 e. The second-order valence-electron chi connectivity index (χ2n) is 7.45. The Labute approximate surface area is 169 Å². The Balaban J connectivity index is 1.38. The van der Waals surface area contributed by atoms with Crippen LogP contribution in [0.2, 0.25) is 0 Å². The zero-order valence-electron chi connectivity index (χ0n) is 16.0. The van der Waals surface area contributed by atoms with Gasteiger partial charge in [-0.1, -0.05) is 18.2 Å². The zero-order valence-corrected chi connectivity index (χ0v) is 16.0. The second-order valence-corrected chi connectivity index (χ2v) is 7.45. The van der Waals surface area contributed by atoms with Crippen LogP contribution in [0.3, 0.4) is 0 Å². The number of nitrogens with zero attached hydrogens (tertiary/aromatic N) is 3. The number of fused-ring (bicyclic) bond motifs is 1. The van der Waals surface area contributed by atoms with E-state index in [1.54, 1.807) is 18.5 Å². The lowest BCUT2D eigenvalue weighted by Crippen LogP contribution is -2.29. The molecule has 3 aromatic rings. The van der Waals surface area contributed by atoms with Gasteiger partial charge in [-0.3, -0.25) is 9.69 Å². The van der Waals surface area contributed by atoms with Crippen molar-refractivity contribution in [2.24, 2.45) is 0 Å². The lowest BCUT2D eigenvalue weighted by Gasteiger charge is -2.17. The summed E-state index contributed by atoms with van der Waals surface area (Å²) >= 11 is 0. The van der Waals surface area contributed by atoms with Gasteiger partial charge in [0.15, 0.2) is 0 Å². The van der Waals surface area contributed by atoms with Crippen molar-refractivity contribution in [1.82, 2.24) is 14.9 Å². The number of ether oxygens (including phenoxy) is 2. The van der Waals surface area contributed by atoms with E-state index >= 15 is 0 Å². The summed E-state index contributed by atoms with van der Waals surface area (Å²) < 4.78 is 11.4. The molecule has 0 spiro atoms. The van der Waals surface area contributed by atoms with Crippen LogP contribution in [0.5, 0.6) is 11.5 Å². The van der Waals surface area contributed by atoms with E-state index in [0.29, 0.717) is 30.8 Å². The predicted molar refractivity (Wildman–Crippen MR) is 107 cm³/mol. The zero-order chi connectivity index (χ0) is 19.6. The molecule has 0 radical (unpaired) electrons. The molecule has 0 unspecified atom stereocenters. The van der Waals surface area contributed by atoms with Gasteiger partial charge in [0.1, 0.15) is 17.3 Å². The normalized spacial score (nSPS) is 16.6. The Bertz CT molecular complexity index is 1020. The quantitative estimate of drug-likeness (QED) is 0.492. The van der Waals surface area contributed by atoms with Crippen molar-refractivity contribution in [3.63, 3.8) is 0 Å². The van der Waals surface area contributed by atoms with E-state index in [1.807, 2.05) is 29.2 Å². The lowest BCUT2D eigenvalue weighted by molar-refractivity contribution is -0.135. The molecule has 1 saturated carbocycles. The molecule has 5 rings (SSSR count). The van der Waals surface area contributed by atoms with Gasteiger partial charge < -0.3 is 9.47 Å². The van der Waals surface area contributed by atoms with Crippen LogP contribution in [-0.4, -0.2) is 33.5 Å². The molecular weight excluding hydrogens is 366 g/mol. The fraction of sp³-hybridized carbons (Fsp3) is 0.261. The molecule has 6 nitrogen and oxygen atoms in total. The van der Waals surface area contributed by atoms with Crippen molar-refractivity contribution < 1.29 is 14.3 Å². The third kappa shape index (κ3) is 4.27. The predicted octanol–water partition coefficient (Wildman–Crippen LogP) is 3.61. The number of aromatic nitrogens is 2. The van der Waals surface area contributed by atoms with Crippen molar-refractivity contribution in [3.05, 3.63) is 72.3 Å². The van der Waals surface area contributed by atoms with Gasteiger partial charge in [-0.15, -0.1) is 0 Å². The highest BCUT2D eigenvalue weighted by Gasteiger charge is 2.24. The van der Waals surface area contributed by atoms with E-state index in [2.05, 4.69) is 28.2 Å². The summed E-state index contributed by atoms with van der Waals surface area (Å²) in [5.74, 6) is 1.94. The van der Waals surface area contributed by atoms with Crippen LogP contribution in [-0.2, 0) is 17.9 Å². The first kappa shape index (κ1) is 17.8. The summed E-state index contributed by atoms with van der Waals surface area (Å²) in [7, 11) is 0. The minimum Gasteiger partial charge on any atom is -0.490 e. The monoisotopic (exact) mass is 387 g/mol. The minimum atomic E-state index is -0.269. The molecule has 0 saturated heterocycles. The molecule has 2 aliphatic rings. The topological polar surface area (TPSA) is 64.6 Å². The van der Waals surface area contributed by atoms with Crippen LogP contribution in [0.1, 0.15) is 24.2 Å². The first-order chi connectivity index (χ1) is 14.2. The Morgan fingerprint density at radius 1 is 1.00 bits per heavy atom. The highest BCUT2D eigenvalue weighted by atomic mass is 16.5. The van der Waals surface area contributed by atoms with Gasteiger partial charge in [0.05, 0.1) is 19.2 Å². The molecule has 0 amide bonds. The molecule has 2 heterocycles. The maximum absolute atomic E-state index is 12.2. The number of hydrogen-bond donors (Lipinski definition) is 0. The van der Waals surface area contributed by atoms with Crippen LogP contribution in [0.25, 0.3) is 11.1 Å². The Morgan fingerprint density at radius 2 is 1.76 bits per heavy atom. The average Bonchev–Trinajstić information content (AvgIpc) is 3.55. The molecule has 1 aromatic heterocycles. The summed E-state index contributed by atoms with van der Waals surface area (Å²) in [4.78, 5) is 22.7. The molecule has 0 bridgehead atoms. The summed E-state index contributed by atoms with van der Waals surface area (Å²) in [6, 6.07) is 15.9. The Morgan fingerprint density at radius 3 is 2.52 bits per heavy atom. The Hall–Kier alpha value is -3.25. The molecule has 0 atom stereocenters. The van der Waals surface area contributed by atoms with Crippen molar-refractivity contribution in [2.75, 3.05) is 6.54 Å². The van der Waals surface area contributed by atoms with Crippen molar-refractivity contribution in [1.29, 1.82) is 0 Å². The van der Waals surface area contributed by atoms with E-state index in [9.17, 15) is 4.79 Å². The summed E-state index contributed by atoms with van der Waals surface area (Å²) in [5.41, 5.74) is 3.16. The Kier molecular flexibility index (Phi) is 4.69. The number of benzene rings is 2. The van der Waals surface area contributed by atoms with Crippen LogP contribution in [0.4, 0.5) is 0 Å². The summed E-state index contributed by atoms with van der Waals surface area (Å²) in [6.07, 6.45) is 6.11. The number of rotatable bonds is 5. The molecular formula is C23H21N3O3. The van der Waals surface area contributed by atoms with Gasteiger partial charge >= 0.3 is 5.97 Å². The molecule has 2 aromatic carbocycles. The van der Waals surface area contributed by atoms with Crippen LogP contribution >= 0.6 is 0 Å². The lowest BCUT2D eigenvalue weighted by atomic mass is 10.0. The van der Waals surface area contributed by atoms with Gasteiger partial charge in [-0.2, -0.15) is 0 Å². The van der Waals surface area contributed by atoms with Gasteiger partial charge in [0.2, 0.25) is 0 Å². The maximum atomic E-state index is 12.2. The SMILES string of the molecule is O=C1CN(Cc2ncccn2)Cc2cc(-c3ccc(OC4CC4)cc3)ccc2O1. The highest BCUT2D eigenvalue weighted by molar-refractivity contribution is 5.76. The molecule has 1 aliphatic carbocycles. The molecule has 146 valence electrons. The standard InChI is InChI=1S/C23H21N3O3/c27-23-15-26(14-22-24-10-1-11-25-22)13-18-12-17(4-9-21(18)29-23)16-2-5-19(6-3-16)28-20-7-8-20/h1-6,9-12,20H,7-8,13-15H2. The van der Waals surface area contributed by atoms with Gasteiger partial charge in [0.25, 0.3) is 0 Å². The van der Waals surface area contributed by atoms with Crippen molar-refractivity contribution >= 4 is 5.97 Å². The van der Waals surface area contributed by atoms with E-state index in [-0.39, 0.29) is 12.5 Å². The number of hydrogen-bond acceptors (Lipinski definition) is 6. The average molecular weight is 387 g/mol. The molecule has 0 N–H and O–H groups in total. The van der Waals surface area contributed by atoms with Crippen LogP contribution in [0.15, 0.2) is 60.9 Å². The van der Waals surface area contributed by atoms with E-state index < -0.39 is 0 Å². The van der Waals surface area contributed by atoms with Gasteiger partial charge in [0, 0.05) is 24.5 Å². The first-order valence-electron chi connectivity index (χ1n) is 9.82. The minimum absolute atomic E-state index is 0.204. The fourth-order valence-electron chi connectivity index (χ4n) is 3.44. The van der Waals surface area contributed by atoms with E-state index in [4.69, 9.17) is 9.47 Å².